The molecule has 0 radical (unpaired) electrons. The molecule has 0 saturated heterocycles. The van der Waals surface area contributed by atoms with Gasteiger partial charge in [0.05, 0.1) is 12.6 Å². The number of hydrogen-bond donors (Lipinski definition) is 2. The quantitative estimate of drug-likeness (QED) is 0.554. The fourth-order valence-corrected chi connectivity index (χ4v) is 3.71. The van der Waals surface area contributed by atoms with Gasteiger partial charge in [0.25, 0.3) is 0 Å². The van der Waals surface area contributed by atoms with Crippen molar-refractivity contribution in [2.24, 2.45) is 0 Å². The van der Waals surface area contributed by atoms with E-state index >= 15 is 0 Å². The van der Waals surface area contributed by atoms with E-state index in [1.165, 1.54) is 6.07 Å². The van der Waals surface area contributed by atoms with Crippen LogP contribution in [0, 0.1) is 0 Å². The van der Waals surface area contributed by atoms with Crippen molar-refractivity contribution >= 4 is 44.6 Å². The Morgan fingerprint density at radius 3 is 2.45 bits per heavy atom. The Bertz CT molecular complexity index is 916. The van der Waals surface area contributed by atoms with Crippen LogP contribution in [-0.2, 0) is 17.3 Å². The number of alkyl halides is 3. The highest BCUT2D eigenvalue weighted by Crippen LogP contribution is 2.28. The summed E-state index contributed by atoms with van der Waals surface area (Å²) in [6.07, 6.45) is -5.62. The molecule has 0 unspecified atom stereocenters. The van der Waals surface area contributed by atoms with E-state index in [2.05, 4.69) is 31.2 Å². The summed E-state index contributed by atoms with van der Waals surface area (Å²) < 4.78 is 43.9. The predicted octanol–water partition coefficient (Wildman–Crippen LogP) is 4.94. The van der Waals surface area contributed by atoms with Crippen LogP contribution in [0.2, 0.25) is 0 Å². The van der Waals surface area contributed by atoms with Crippen LogP contribution in [0.25, 0.3) is 0 Å². The van der Waals surface area contributed by atoms with Crippen molar-refractivity contribution in [3.63, 3.8) is 0 Å². The first kappa shape index (κ1) is 24.9. The number of nitrogens with zero attached hydrogens (tertiary/aromatic N) is 3. The van der Waals surface area contributed by atoms with E-state index in [0.717, 1.165) is 28.5 Å². The van der Waals surface area contributed by atoms with Gasteiger partial charge in [-0.15, -0.1) is 11.3 Å². The van der Waals surface area contributed by atoms with Gasteiger partial charge in [-0.25, -0.2) is 14.6 Å². The Labute approximate surface area is 188 Å². The molecule has 8 nitrogen and oxygen atoms in total. The van der Waals surface area contributed by atoms with Gasteiger partial charge in [0.2, 0.25) is 0 Å². The van der Waals surface area contributed by atoms with E-state index in [1.54, 1.807) is 26.2 Å². The highest BCUT2D eigenvalue weighted by atomic mass is 79.9. The van der Waals surface area contributed by atoms with Gasteiger partial charge in [0.1, 0.15) is 15.9 Å². The molecule has 2 amide bonds. The van der Waals surface area contributed by atoms with Gasteiger partial charge in [-0.1, -0.05) is 6.07 Å². The monoisotopic (exact) mass is 524 g/mol. The molecule has 0 bridgehead atoms. The van der Waals surface area contributed by atoms with Crippen LogP contribution in [0.1, 0.15) is 32.0 Å². The summed E-state index contributed by atoms with van der Waals surface area (Å²) >= 11 is 4.23. The van der Waals surface area contributed by atoms with E-state index in [-0.39, 0.29) is 18.1 Å². The summed E-state index contributed by atoms with van der Waals surface area (Å²) in [5, 5.41) is 13.9. The molecular weight excluding hydrogens is 505 g/mol. The molecule has 1 atom stereocenters. The number of rotatable bonds is 6. The Morgan fingerprint density at radius 1 is 1.32 bits per heavy atom. The van der Waals surface area contributed by atoms with Gasteiger partial charge in [0, 0.05) is 11.6 Å². The second kappa shape index (κ2) is 9.81. The van der Waals surface area contributed by atoms with Gasteiger partial charge >= 0.3 is 18.4 Å². The van der Waals surface area contributed by atoms with Gasteiger partial charge in [-0.3, -0.25) is 9.88 Å². The number of ether oxygens (including phenoxy) is 1. The lowest BCUT2D eigenvalue weighted by atomic mass is 10.1. The third-order valence-electron chi connectivity index (χ3n) is 3.65. The third kappa shape index (κ3) is 7.98. The number of alkyl carbamates (subject to hydrolysis) is 1. The van der Waals surface area contributed by atoms with Crippen molar-refractivity contribution in [2.75, 3.05) is 11.4 Å². The lowest BCUT2D eigenvalue weighted by molar-refractivity contribution is -0.141. The topological polar surface area (TPSA) is 105 Å². The van der Waals surface area contributed by atoms with Gasteiger partial charge in [-0.05, 0) is 54.8 Å². The molecule has 170 valence electrons. The van der Waals surface area contributed by atoms with E-state index in [9.17, 15) is 27.9 Å². The lowest BCUT2D eigenvalue weighted by Crippen LogP contribution is -2.48. The largest absolute Gasteiger partial charge is 0.465 e. The van der Waals surface area contributed by atoms with E-state index in [4.69, 9.17) is 4.74 Å². The fourth-order valence-electron chi connectivity index (χ4n) is 2.46. The average Bonchev–Trinajstić information content (AvgIpc) is 3.03. The van der Waals surface area contributed by atoms with Crippen LogP contribution < -0.4 is 10.2 Å². The number of halogens is 4. The number of thiazole rings is 1. The summed E-state index contributed by atoms with van der Waals surface area (Å²) in [7, 11) is 0. The maximum absolute atomic E-state index is 12.7. The van der Waals surface area contributed by atoms with Gasteiger partial charge < -0.3 is 15.2 Å². The molecule has 0 aliphatic rings. The molecule has 0 spiro atoms. The summed E-state index contributed by atoms with van der Waals surface area (Å²) in [5.41, 5.74) is -1.47. The fraction of sp³-hybridized carbons (Fsp3) is 0.444. The SMILES string of the molecule is CC(C)(C)OC(=O)N[C@H](Cc1ccc(C(F)(F)F)nc1)CN(C(=O)O)c1nc(Br)cs1. The number of carbonyl (C=O) groups is 2. The number of carbonyl (C=O) groups excluding carboxylic acids is 1. The number of pyridine rings is 1. The van der Waals surface area contributed by atoms with Gasteiger partial charge in [0.15, 0.2) is 5.13 Å². The van der Waals surface area contributed by atoms with Crippen molar-refractivity contribution in [3.05, 3.63) is 39.6 Å². The minimum atomic E-state index is -4.58. The standard InChI is InChI=1S/C18H20BrF3N4O4S/c1-17(2,3)30-15(27)24-11(6-10-4-5-12(23-7-10)18(20,21)22)8-26(16(28)29)14-25-13(19)9-31-14/h4-5,7,9,11H,6,8H2,1-3H3,(H,24,27)(H,28,29)/t11-/m1/s1. The molecular formula is C18H20BrF3N4O4S. The second-order valence-corrected chi connectivity index (χ2v) is 9.09. The highest BCUT2D eigenvalue weighted by molar-refractivity contribution is 9.10. The maximum atomic E-state index is 12.7. The normalized spacial score (nSPS) is 12.9. The number of carboxylic acid groups (broad SMARTS) is 1. The molecule has 0 aliphatic carbocycles. The average molecular weight is 525 g/mol. The van der Waals surface area contributed by atoms with Crippen molar-refractivity contribution < 1.29 is 32.6 Å². The van der Waals surface area contributed by atoms with E-state index in [1.807, 2.05) is 0 Å². The van der Waals surface area contributed by atoms with Crippen LogP contribution in [-0.4, -0.2) is 45.4 Å². The highest BCUT2D eigenvalue weighted by Gasteiger charge is 2.32. The predicted molar refractivity (Wildman–Crippen MR) is 111 cm³/mol. The molecule has 0 saturated carbocycles. The molecule has 2 N–H and O–H groups in total. The molecule has 0 fully saturated rings. The Morgan fingerprint density at radius 2 is 2.00 bits per heavy atom. The van der Waals surface area contributed by atoms with Crippen LogP contribution in [0.4, 0.5) is 27.9 Å². The Kier molecular flexibility index (Phi) is 7.87. The number of anilines is 1. The first-order valence-electron chi connectivity index (χ1n) is 8.88. The van der Waals surface area contributed by atoms with Gasteiger partial charge in [-0.2, -0.15) is 13.2 Å². The summed E-state index contributed by atoms with van der Waals surface area (Å²) in [6, 6.07) is 1.23. The first-order chi connectivity index (χ1) is 14.2. The number of aromatic nitrogens is 2. The molecule has 13 heteroatoms. The molecule has 0 aliphatic heterocycles. The summed E-state index contributed by atoms with van der Waals surface area (Å²) in [6.45, 7) is 4.78. The van der Waals surface area contributed by atoms with Crippen LogP contribution in [0.15, 0.2) is 28.3 Å². The van der Waals surface area contributed by atoms with Crippen molar-refractivity contribution in [1.82, 2.24) is 15.3 Å². The maximum Gasteiger partial charge on any atom is 0.433 e. The summed E-state index contributed by atoms with van der Waals surface area (Å²) in [4.78, 5) is 32.4. The molecule has 2 aromatic rings. The zero-order chi connectivity index (χ0) is 23.4. The number of nitrogens with one attached hydrogen (secondary N) is 1. The van der Waals surface area contributed by atoms with Crippen molar-refractivity contribution in [1.29, 1.82) is 0 Å². The minimum Gasteiger partial charge on any atom is -0.465 e. The van der Waals surface area contributed by atoms with E-state index in [0.29, 0.717) is 10.2 Å². The molecule has 2 aromatic heterocycles. The number of hydrogen-bond acceptors (Lipinski definition) is 6. The molecule has 0 aromatic carbocycles. The smallest absolute Gasteiger partial charge is 0.433 e. The van der Waals surface area contributed by atoms with Crippen molar-refractivity contribution in [2.45, 2.75) is 45.0 Å². The van der Waals surface area contributed by atoms with Crippen LogP contribution >= 0.6 is 27.3 Å². The molecule has 2 rings (SSSR count). The first-order valence-corrected chi connectivity index (χ1v) is 10.5. The number of amides is 2. The minimum absolute atomic E-state index is 0.0146. The Balaban J connectivity index is 2.24. The van der Waals surface area contributed by atoms with Crippen molar-refractivity contribution in [3.8, 4) is 0 Å². The third-order valence-corrected chi connectivity index (χ3v) is 5.22. The van der Waals surface area contributed by atoms with E-state index < -0.39 is 35.7 Å². The Hall–Kier alpha value is -2.41. The molecule has 2 heterocycles. The van der Waals surface area contributed by atoms with Crippen LogP contribution in [0.5, 0.6) is 0 Å². The second-order valence-electron chi connectivity index (χ2n) is 7.44. The zero-order valence-corrected chi connectivity index (χ0v) is 19.1. The zero-order valence-electron chi connectivity index (χ0n) is 16.7. The summed E-state index contributed by atoms with van der Waals surface area (Å²) in [5.74, 6) is 0. The lowest BCUT2D eigenvalue weighted by Gasteiger charge is -2.26. The molecule has 31 heavy (non-hydrogen) atoms. The van der Waals surface area contributed by atoms with Crippen LogP contribution in [0.3, 0.4) is 0 Å².